The van der Waals surface area contributed by atoms with Crippen LogP contribution in [-0.2, 0) is 9.47 Å². The maximum atomic E-state index is 5.82. The molecule has 1 aliphatic rings. The van der Waals surface area contributed by atoms with E-state index in [1.54, 1.807) is 0 Å². The molecule has 2 heteroatoms. The van der Waals surface area contributed by atoms with Gasteiger partial charge in [-0.25, -0.2) is 0 Å². The number of hydrogen-bond donors (Lipinski definition) is 0. The molecule has 1 unspecified atom stereocenters. The Balaban J connectivity index is 1.64. The molecule has 1 atom stereocenters. The average Bonchev–Trinajstić information content (AvgIpc) is 3.03. The van der Waals surface area contributed by atoms with E-state index in [1.165, 1.54) is 205 Å². The van der Waals surface area contributed by atoms with Crippen molar-refractivity contribution in [3.05, 3.63) is 0 Å². The Bertz CT molecular complexity index is 570. The largest absolute Gasteiger partial charge is 0.353 e. The average molecular weight is 603 g/mol. The predicted octanol–water partition coefficient (Wildman–Crippen LogP) is 14.0. The zero-order valence-corrected chi connectivity index (χ0v) is 29.6. The van der Waals surface area contributed by atoms with E-state index >= 15 is 0 Å². The predicted molar refractivity (Wildman–Crippen MR) is 191 cm³/mol. The van der Waals surface area contributed by atoms with Crippen molar-refractivity contribution >= 4 is 0 Å². The maximum Gasteiger partial charge on any atom is 0.157 e. The summed E-state index contributed by atoms with van der Waals surface area (Å²) in [7, 11) is 0. The lowest BCUT2D eigenvalue weighted by Crippen LogP contribution is -2.22. The lowest BCUT2D eigenvalue weighted by Gasteiger charge is -2.22. The fraction of sp³-hybridized carbons (Fsp3) is 0.951. The van der Waals surface area contributed by atoms with Gasteiger partial charge >= 0.3 is 0 Å². The highest BCUT2D eigenvalue weighted by Gasteiger charge is 2.13. The minimum atomic E-state index is 0.0938. The zero-order valence-electron chi connectivity index (χ0n) is 29.6. The van der Waals surface area contributed by atoms with Crippen LogP contribution in [0, 0.1) is 11.8 Å². The lowest BCUT2D eigenvalue weighted by atomic mass is 10.0. The minimum Gasteiger partial charge on any atom is -0.353 e. The first-order chi connectivity index (χ1) is 21.4. The molecule has 0 aromatic carbocycles. The molecule has 0 aliphatic carbocycles. The molecule has 0 aromatic rings. The Morgan fingerprint density at radius 2 is 0.791 bits per heavy atom. The fourth-order valence-electron chi connectivity index (χ4n) is 6.43. The molecule has 254 valence electrons. The highest BCUT2D eigenvalue weighted by atomic mass is 16.7. The van der Waals surface area contributed by atoms with Gasteiger partial charge in [-0.05, 0) is 38.5 Å². The van der Waals surface area contributed by atoms with E-state index < -0.39 is 0 Å². The highest BCUT2D eigenvalue weighted by molar-refractivity contribution is 4.98. The van der Waals surface area contributed by atoms with E-state index in [0.29, 0.717) is 0 Å². The molecule has 0 amide bonds. The molecule has 0 radical (unpaired) electrons. The summed E-state index contributed by atoms with van der Waals surface area (Å²) < 4.78 is 11.4. The Morgan fingerprint density at radius 3 is 1.14 bits per heavy atom. The summed E-state index contributed by atoms with van der Waals surface area (Å²) in [6.45, 7) is 4.08. The van der Waals surface area contributed by atoms with Gasteiger partial charge < -0.3 is 9.47 Å². The molecule has 0 N–H and O–H groups in total. The molecule has 0 bridgehead atoms. The molecule has 1 fully saturated rings. The van der Waals surface area contributed by atoms with Crippen LogP contribution < -0.4 is 0 Å². The smallest absolute Gasteiger partial charge is 0.157 e. The first kappa shape index (κ1) is 40.5. The van der Waals surface area contributed by atoms with Crippen molar-refractivity contribution < 1.29 is 9.47 Å². The summed E-state index contributed by atoms with van der Waals surface area (Å²) in [4.78, 5) is 0. The molecule has 1 saturated heterocycles. The van der Waals surface area contributed by atoms with Gasteiger partial charge in [-0.1, -0.05) is 180 Å². The molecule has 0 saturated carbocycles. The summed E-state index contributed by atoms with van der Waals surface area (Å²) in [5.41, 5.74) is 0. The number of ether oxygens (including phenoxy) is 2. The Hall–Kier alpha value is -0.520. The van der Waals surface area contributed by atoms with Gasteiger partial charge in [0.15, 0.2) is 6.29 Å². The topological polar surface area (TPSA) is 18.5 Å². The van der Waals surface area contributed by atoms with Crippen LogP contribution in [0.5, 0.6) is 0 Å². The first-order valence-corrected chi connectivity index (χ1v) is 20.1. The summed E-state index contributed by atoms with van der Waals surface area (Å²) in [6.07, 6.45) is 48.4. The third-order valence-corrected chi connectivity index (χ3v) is 9.42. The van der Waals surface area contributed by atoms with Crippen LogP contribution in [0.25, 0.3) is 0 Å². The molecule has 0 aromatic heterocycles. The number of hydrogen-bond acceptors (Lipinski definition) is 2. The standard InChI is InChI=1S/C41H78O2/c1-2-3-4-5-6-7-8-9-10-11-12-13-14-15-16-17-18-19-20-21-22-23-24-25-26-27-28-29-30-31-32-33-34-36-39-42-41-38-35-37-40-43-41/h41H,2-18,21-40H2,1H3. The van der Waals surface area contributed by atoms with Crippen LogP contribution in [0.2, 0.25) is 0 Å². The van der Waals surface area contributed by atoms with E-state index in [2.05, 4.69) is 18.8 Å². The second kappa shape index (κ2) is 36.0. The molecule has 43 heavy (non-hydrogen) atoms. The van der Waals surface area contributed by atoms with Gasteiger partial charge in [0.05, 0.1) is 0 Å². The number of rotatable bonds is 33. The quantitative estimate of drug-likeness (QED) is 0.0549. The van der Waals surface area contributed by atoms with Gasteiger partial charge in [0.1, 0.15) is 0 Å². The normalized spacial score (nSPS) is 15.0. The molecule has 1 rings (SSSR count). The molecule has 1 aliphatic heterocycles. The maximum absolute atomic E-state index is 5.82. The monoisotopic (exact) mass is 603 g/mol. The molecular weight excluding hydrogens is 524 g/mol. The SMILES string of the molecule is CCCCCCCCCCCCCCCCCCC#CCCCCCCCCCCCCCCCCOC1CCCCO1. The van der Waals surface area contributed by atoms with Crippen LogP contribution in [-0.4, -0.2) is 19.5 Å². The summed E-state index contributed by atoms with van der Waals surface area (Å²) in [5, 5.41) is 0. The van der Waals surface area contributed by atoms with Crippen molar-refractivity contribution in [1.29, 1.82) is 0 Å². The fourth-order valence-corrected chi connectivity index (χ4v) is 6.43. The van der Waals surface area contributed by atoms with E-state index in [-0.39, 0.29) is 6.29 Å². The third-order valence-electron chi connectivity index (χ3n) is 9.42. The highest BCUT2D eigenvalue weighted by Crippen LogP contribution is 2.17. The van der Waals surface area contributed by atoms with E-state index in [1.807, 2.05) is 0 Å². The van der Waals surface area contributed by atoms with Crippen molar-refractivity contribution in [2.45, 2.75) is 238 Å². The van der Waals surface area contributed by atoms with Crippen molar-refractivity contribution in [2.24, 2.45) is 0 Å². The summed E-state index contributed by atoms with van der Waals surface area (Å²) in [6, 6.07) is 0. The molecular formula is C41H78O2. The second-order valence-corrected chi connectivity index (χ2v) is 13.8. The van der Waals surface area contributed by atoms with E-state index in [9.17, 15) is 0 Å². The van der Waals surface area contributed by atoms with Gasteiger partial charge in [0, 0.05) is 26.1 Å². The van der Waals surface area contributed by atoms with E-state index in [0.717, 1.165) is 32.5 Å². The van der Waals surface area contributed by atoms with Crippen molar-refractivity contribution in [2.75, 3.05) is 13.2 Å². The van der Waals surface area contributed by atoms with Gasteiger partial charge in [-0.2, -0.15) is 0 Å². The van der Waals surface area contributed by atoms with Gasteiger partial charge in [0.2, 0.25) is 0 Å². The van der Waals surface area contributed by atoms with Crippen molar-refractivity contribution in [3.8, 4) is 11.8 Å². The van der Waals surface area contributed by atoms with Gasteiger partial charge in [-0.3, -0.25) is 0 Å². The molecule has 0 spiro atoms. The lowest BCUT2D eigenvalue weighted by molar-refractivity contribution is -0.162. The van der Waals surface area contributed by atoms with Crippen LogP contribution in [0.3, 0.4) is 0 Å². The Morgan fingerprint density at radius 1 is 0.442 bits per heavy atom. The molecule has 1 heterocycles. The van der Waals surface area contributed by atoms with Crippen LogP contribution in [0.15, 0.2) is 0 Å². The van der Waals surface area contributed by atoms with Crippen LogP contribution in [0.4, 0.5) is 0 Å². The van der Waals surface area contributed by atoms with Crippen LogP contribution in [0.1, 0.15) is 232 Å². The van der Waals surface area contributed by atoms with Gasteiger partial charge in [0.25, 0.3) is 0 Å². The van der Waals surface area contributed by atoms with Crippen molar-refractivity contribution in [3.63, 3.8) is 0 Å². The molecule has 2 nitrogen and oxygen atoms in total. The second-order valence-electron chi connectivity index (χ2n) is 13.8. The zero-order chi connectivity index (χ0) is 30.6. The number of unbranched alkanes of at least 4 members (excludes halogenated alkanes) is 30. The Labute approximate surface area is 272 Å². The Kier molecular flexibility index (Phi) is 33.9. The minimum absolute atomic E-state index is 0.0938. The van der Waals surface area contributed by atoms with E-state index in [4.69, 9.17) is 9.47 Å². The summed E-state index contributed by atoms with van der Waals surface area (Å²) >= 11 is 0. The van der Waals surface area contributed by atoms with Gasteiger partial charge in [-0.15, -0.1) is 11.8 Å². The van der Waals surface area contributed by atoms with Crippen molar-refractivity contribution in [1.82, 2.24) is 0 Å². The van der Waals surface area contributed by atoms with Crippen LogP contribution >= 0.6 is 0 Å². The summed E-state index contributed by atoms with van der Waals surface area (Å²) in [5.74, 6) is 6.88. The first-order valence-electron chi connectivity index (χ1n) is 20.1. The third kappa shape index (κ3) is 32.7.